The number of aliphatic hydroxyl groups excluding tert-OH is 1. The molecule has 0 bridgehead atoms. The molecule has 1 aliphatic carbocycles. The quantitative estimate of drug-likeness (QED) is 0.359. The fraction of sp³-hybridized carbons (Fsp3) is 0.652. The first kappa shape index (κ1) is 24.9. The number of non-ortho nitro benzene ring substituents is 1. The van der Waals surface area contributed by atoms with E-state index in [9.17, 15) is 24.8 Å². The molecule has 1 saturated heterocycles. The Bertz CT molecular complexity index is 791. The summed E-state index contributed by atoms with van der Waals surface area (Å²) in [6.07, 6.45) is 6.40. The summed E-state index contributed by atoms with van der Waals surface area (Å²) in [6.45, 7) is 1.56. The molecular weight excluding hydrogens is 428 g/mol. The van der Waals surface area contributed by atoms with Gasteiger partial charge in [-0.2, -0.15) is 0 Å². The highest BCUT2D eigenvalue weighted by Gasteiger charge is 2.29. The predicted octanol–water partition coefficient (Wildman–Crippen LogP) is 3.04. The van der Waals surface area contributed by atoms with E-state index in [0.717, 1.165) is 51.6 Å². The Morgan fingerprint density at radius 3 is 2.42 bits per heavy atom. The summed E-state index contributed by atoms with van der Waals surface area (Å²) in [5.41, 5.74) is 3.40. The number of nitro groups is 1. The van der Waals surface area contributed by atoms with Gasteiger partial charge in [0.1, 0.15) is 6.61 Å². The number of nitro benzene ring substituents is 1. The largest absolute Gasteiger partial charge is 0.445 e. The summed E-state index contributed by atoms with van der Waals surface area (Å²) in [6, 6.07) is 5.17. The Balaban J connectivity index is 1.53. The molecule has 10 heteroatoms. The number of ether oxygens (including phenoxy) is 1. The third-order valence-corrected chi connectivity index (χ3v) is 6.38. The lowest BCUT2D eigenvalue weighted by Crippen LogP contribution is -2.48. The zero-order valence-corrected chi connectivity index (χ0v) is 18.9. The highest BCUT2D eigenvalue weighted by molar-refractivity contribution is 5.76. The number of benzene rings is 1. The van der Waals surface area contributed by atoms with Crippen molar-refractivity contribution in [1.82, 2.24) is 15.8 Å². The van der Waals surface area contributed by atoms with Crippen LogP contribution in [0.15, 0.2) is 24.3 Å². The Kier molecular flexibility index (Phi) is 9.44. The molecule has 1 heterocycles. The molecular formula is C23H34N4O6. The Labute approximate surface area is 193 Å². The lowest BCUT2D eigenvalue weighted by atomic mass is 9.83. The molecule has 182 valence electrons. The van der Waals surface area contributed by atoms with Crippen molar-refractivity contribution in [3.05, 3.63) is 39.9 Å². The van der Waals surface area contributed by atoms with Crippen LogP contribution >= 0.6 is 0 Å². The molecule has 0 radical (unpaired) electrons. The van der Waals surface area contributed by atoms with E-state index in [1.54, 1.807) is 0 Å². The van der Waals surface area contributed by atoms with Gasteiger partial charge >= 0.3 is 6.09 Å². The topological polar surface area (TPSA) is 134 Å². The monoisotopic (exact) mass is 462 g/mol. The highest BCUT2D eigenvalue weighted by Crippen LogP contribution is 2.28. The van der Waals surface area contributed by atoms with Crippen LogP contribution in [-0.2, 0) is 16.1 Å². The second-order valence-electron chi connectivity index (χ2n) is 8.99. The van der Waals surface area contributed by atoms with Gasteiger partial charge in [-0.1, -0.05) is 32.1 Å². The van der Waals surface area contributed by atoms with E-state index in [0.29, 0.717) is 17.9 Å². The van der Waals surface area contributed by atoms with Gasteiger partial charge in [-0.05, 0) is 42.9 Å². The van der Waals surface area contributed by atoms with Gasteiger partial charge in [-0.15, -0.1) is 0 Å². The van der Waals surface area contributed by atoms with Crippen molar-refractivity contribution in [2.75, 3.05) is 13.1 Å². The van der Waals surface area contributed by atoms with Crippen molar-refractivity contribution < 1.29 is 24.4 Å². The molecule has 1 aliphatic heterocycles. The van der Waals surface area contributed by atoms with Gasteiger partial charge in [0.25, 0.3) is 5.69 Å². The summed E-state index contributed by atoms with van der Waals surface area (Å²) < 4.78 is 5.27. The molecule has 2 amide bonds. The van der Waals surface area contributed by atoms with Crippen LogP contribution in [0.4, 0.5) is 10.5 Å². The number of hydrogen-bond acceptors (Lipinski definition) is 7. The van der Waals surface area contributed by atoms with E-state index < -0.39 is 23.2 Å². The second kappa shape index (κ2) is 12.5. The Morgan fingerprint density at radius 1 is 1.12 bits per heavy atom. The summed E-state index contributed by atoms with van der Waals surface area (Å²) in [5, 5.41) is 26.2. The lowest BCUT2D eigenvalue weighted by molar-refractivity contribution is -0.384. The van der Waals surface area contributed by atoms with E-state index in [4.69, 9.17) is 4.74 Å². The molecule has 3 rings (SSSR count). The van der Waals surface area contributed by atoms with Crippen LogP contribution in [0, 0.1) is 16.0 Å². The number of hydrazine groups is 1. The summed E-state index contributed by atoms with van der Waals surface area (Å²) in [4.78, 5) is 35.1. The number of rotatable bonds is 10. The Morgan fingerprint density at radius 2 is 1.79 bits per heavy atom. The highest BCUT2D eigenvalue weighted by atomic mass is 16.6. The fourth-order valence-corrected chi connectivity index (χ4v) is 4.53. The third-order valence-electron chi connectivity index (χ3n) is 6.38. The Hall–Kier alpha value is -2.72. The van der Waals surface area contributed by atoms with Gasteiger partial charge in [0.05, 0.1) is 23.5 Å². The van der Waals surface area contributed by atoms with Gasteiger partial charge in [0.2, 0.25) is 5.91 Å². The molecule has 0 unspecified atom stereocenters. The maximum Gasteiger partial charge on any atom is 0.407 e. The number of nitrogens with zero attached hydrogens (tertiary/aromatic N) is 2. The molecule has 2 fully saturated rings. The van der Waals surface area contributed by atoms with E-state index in [-0.39, 0.29) is 24.6 Å². The van der Waals surface area contributed by atoms with Crippen molar-refractivity contribution >= 4 is 17.7 Å². The summed E-state index contributed by atoms with van der Waals surface area (Å²) in [7, 11) is 0. The molecule has 1 aromatic rings. The first-order chi connectivity index (χ1) is 15.9. The third kappa shape index (κ3) is 8.29. The maximum absolute atomic E-state index is 12.5. The lowest BCUT2D eigenvalue weighted by Gasteiger charge is -2.30. The van der Waals surface area contributed by atoms with Crippen molar-refractivity contribution in [3.63, 3.8) is 0 Å². The molecule has 1 aromatic carbocycles. The average Bonchev–Trinajstić information content (AvgIpc) is 3.31. The smallest absolute Gasteiger partial charge is 0.407 e. The molecule has 33 heavy (non-hydrogen) atoms. The fourth-order valence-electron chi connectivity index (χ4n) is 4.53. The van der Waals surface area contributed by atoms with Crippen LogP contribution in [0.3, 0.4) is 0 Å². The summed E-state index contributed by atoms with van der Waals surface area (Å²) in [5.74, 6) is 0.120. The standard InChI is InChI=1S/C23H34N4O6/c28-21(15-22(29)25-26-12-4-5-13-26)20(14-17-6-2-1-3-7-17)24-23(30)33-16-18-8-10-19(11-9-18)27(31)32/h8-11,17,20-21,28H,1-7,12-16H2,(H,24,30)(H,25,29)/t20-,21-/m0/s1. The molecule has 2 atom stereocenters. The maximum atomic E-state index is 12.5. The van der Waals surface area contributed by atoms with Crippen LogP contribution in [0.1, 0.15) is 63.4 Å². The molecule has 0 spiro atoms. The minimum absolute atomic E-state index is 0.0360. The molecule has 3 N–H and O–H groups in total. The van der Waals surface area contributed by atoms with Crippen LogP contribution in [0.25, 0.3) is 0 Å². The zero-order valence-electron chi connectivity index (χ0n) is 18.9. The van der Waals surface area contributed by atoms with Crippen LogP contribution in [0.2, 0.25) is 0 Å². The molecule has 1 saturated carbocycles. The number of hydrogen-bond donors (Lipinski definition) is 3. The van der Waals surface area contributed by atoms with E-state index >= 15 is 0 Å². The van der Waals surface area contributed by atoms with Crippen molar-refractivity contribution in [2.24, 2.45) is 5.92 Å². The zero-order chi connectivity index (χ0) is 23.6. The molecule has 10 nitrogen and oxygen atoms in total. The number of amides is 2. The predicted molar refractivity (Wildman–Crippen MR) is 121 cm³/mol. The minimum Gasteiger partial charge on any atom is -0.445 e. The first-order valence-electron chi connectivity index (χ1n) is 11.8. The normalized spacial score (nSPS) is 18.9. The van der Waals surface area contributed by atoms with Crippen LogP contribution in [0.5, 0.6) is 0 Å². The SMILES string of the molecule is O=C(C[C@H](O)[C@H](CC1CCCCC1)NC(=O)OCc1ccc([N+](=O)[O-])cc1)NN1CCCC1. The van der Waals surface area contributed by atoms with E-state index in [1.165, 1.54) is 30.7 Å². The van der Waals surface area contributed by atoms with E-state index in [1.807, 2.05) is 5.01 Å². The van der Waals surface area contributed by atoms with Gasteiger partial charge in [-0.25, -0.2) is 9.80 Å². The number of nitrogens with one attached hydrogen (secondary N) is 2. The van der Waals surface area contributed by atoms with Crippen LogP contribution < -0.4 is 10.7 Å². The number of carbonyl (C=O) groups is 2. The summed E-state index contributed by atoms with van der Waals surface area (Å²) >= 11 is 0. The molecule has 0 aromatic heterocycles. The number of carbonyl (C=O) groups excluding carboxylic acids is 2. The average molecular weight is 463 g/mol. The van der Waals surface area contributed by atoms with Gasteiger partial charge in [0, 0.05) is 25.2 Å². The first-order valence-corrected chi connectivity index (χ1v) is 11.8. The van der Waals surface area contributed by atoms with Crippen molar-refractivity contribution in [2.45, 2.75) is 76.5 Å². The van der Waals surface area contributed by atoms with Gasteiger partial charge in [0.15, 0.2) is 0 Å². The van der Waals surface area contributed by atoms with Crippen molar-refractivity contribution in [1.29, 1.82) is 0 Å². The van der Waals surface area contributed by atoms with Gasteiger partial charge in [-0.3, -0.25) is 20.3 Å². The van der Waals surface area contributed by atoms with Gasteiger partial charge < -0.3 is 15.2 Å². The van der Waals surface area contributed by atoms with E-state index in [2.05, 4.69) is 10.7 Å². The number of aliphatic hydroxyl groups is 1. The van der Waals surface area contributed by atoms with Crippen molar-refractivity contribution in [3.8, 4) is 0 Å². The van der Waals surface area contributed by atoms with Crippen LogP contribution in [-0.4, -0.2) is 52.3 Å². The molecule has 2 aliphatic rings. The second-order valence-corrected chi connectivity index (χ2v) is 8.99. The number of alkyl carbamates (subject to hydrolysis) is 1. The minimum atomic E-state index is -1.03.